The Morgan fingerprint density at radius 1 is 1.03 bits per heavy atom. The predicted molar refractivity (Wildman–Crippen MR) is 137 cm³/mol. The number of rotatable bonds is 6. The van der Waals surface area contributed by atoms with Crippen LogP contribution in [0.3, 0.4) is 0 Å². The standard InChI is InChI=1S/C26H28Cl2N4O2/c1-16-13-17(2)32(31-16)18(3)24(33)30-23-10-9-21(15-22(23)28)29-25(34)26(11-4-5-12-26)19-7-6-8-20(27)14-19/h6-10,13-15,18H,4-5,11-12H2,1-3H3,(H,29,34)(H,30,33). The van der Waals surface area contributed by atoms with E-state index in [0.717, 1.165) is 42.6 Å². The molecule has 178 valence electrons. The van der Waals surface area contributed by atoms with E-state index in [0.29, 0.717) is 21.4 Å². The van der Waals surface area contributed by atoms with Crippen LogP contribution in [0.2, 0.25) is 10.0 Å². The lowest BCUT2D eigenvalue weighted by atomic mass is 9.78. The number of carbonyl (C=O) groups excluding carboxylic acids is 2. The number of carbonyl (C=O) groups is 2. The van der Waals surface area contributed by atoms with E-state index in [4.69, 9.17) is 23.2 Å². The van der Waals surface area contributed by atoms with Gasteiger partial charge in [0.05, 0.1) is 21.8 Å². The summed E-state index contributed by atoms with van der Waals surface area (Å²) in [5.74, 6) is -0.297. The van der Waals surface area contributed by atoms with Gasteiger partial charge < -0.3 is 10.6 Å². The Bertz CT molecular complexity index is 1230. The molecule has 1 heterocycles. The number of amides is 2. The summed E-state index contributed by atoms with van der Waals surface area (Å²) in [6.45, 7) is 5.59. The third-order valence-electron chi connectivity index (χ3n) is 6.54. The van der Waals surface area contributed by atoms with Crippen molar-refractivity contribution in [3.8, 4) is 0 Å². The Labute approximate surface area is 209 Å². The van der Waals surface area contributed by atoms with Crippen LogP contribution < -0.4 is 10.6 Å². The number of hydrogen-bond donors (Lipinski definition) is 2. The summed E-state index contributed by atoms with van der Waals surface area (Å²) in [5.41, 5.74) is 3.14. The molecule has 2 amide bonds. The molecule has 1 saturated carbocycles. The SMILES string of the molecule is Cc1cc(C)n(C(C)C(=O)Nc2ccc(NC(=O)C3(c4cccc(Cl)c4)CCCC3)cc2Cl)n1. The van der Waals surface area contributed by atoms with Crippen molar-refractivity contribution in [1.29, 1.82) is 0 Å². The molecule has 1 unspecified atom stereocenters. The van der Waals surface area contributed by atoms with Crippen LogP contribution in [-0.2, 0) is 15.0 Å². The Hall–Kier alpha value is -2.83. The molecular weight excluding hydrogens is 471 g/mol. The van der Waals surface area contributed by atoms with E-state index in [2.05, 4.69) is 15.7 Å². The van der Waals surface area contributed by atoms with Crippen LogP contribution in [0.4, 0.5) is 11.4 Å². The first-order chi connectivity index (χ1) is 16.2. The molecule has 1 fully saturated rings. The number of halogens is 2. The van der Waals surface area contributed by atoms with Gasteiger partial charge in [0.25, 0.3) is 0 Å². The highest BCUT2D eigenvalue weighted by molar-refractivity contribution is 6.34. The fraction of sp³-hybridized carbons (Fsp3) is 0.346. The van der Waals surface area contributed by atoms with Gasteiger partial charge in [0.2, 0.25) is 11.8 Å². The molecule has 0 radical (unpaired) electrons. The third-order valence-corrected chi connectivity index (χ3v) is 7.09. The van der Waals surface area contributed by atoms with Crippen LogP contribution in [0, 0.1) is 13.8 Å². The number of aryl methyl sites for hydroxylation is 2. The largest absolute Gasteiger partial charge is 0.325 e. The molecule has 0 saturated heterocycles. The molecule has 1 aliphatic carbocycles. The zero-order valence-electron chi connectivity index (χ0n) is 19.5. The number of aromatic nitrogens is 2. The summed E-state index contributed by atoms with van der Waals surface area (Å²) in [7, 11) is 0. The van der Waals surface area contributed by atoms with Crippen LogP contribution >= 0.6 is 23.2 Å². The van der Waals surface area contributed by atoms with Crippen molar-refractivity contribution >= 4 is 46.4 Å². The van der Waals surface area contributed by atoms with Gasteiger partial charge in [-0.3, -0.25) is 14.3 Å². The van der Waals surface area contributed by atoms with Crippen molar-refractivity contribution in [2.24, 2.45) is 0 Å². The predicted octanol–water partition coefficient (Wildman–Crippen LogP) is 6.46. The fourth-order valence-electron chi connectivity index (χ4n) is 4.74. The summed E-state index contributed by atoms with van der Waals surface area (Å²) in [6.07, 6.45) is 3.51. The second kappa shape index (κ2) is 9.80. The quantitative estimate of drug-likeness (QED) is 0.409. The van der Waals surface area contributed by atoms with Crippen molar-refractivity contribution in [1.82, 2.24) is 9.78 Å². The topological polar surface area (TPSA) is 76.0 Å². The molecule has 2 N–H and O–H groups in total. The lowest BCUT2D eigenvalue weighted by Crippen LogP contribution is -2.38. The summed E-state index contributed by atoms with van der Waals surface area (Å²) < 4.78 is 1.68. The second-order valence-corrected chi connectivity index (χ2v) is 9.83. The summed E-state index contributed by atoms with van der Waals surface area (Å²) in [5, 5.41) is 11.2. The van der Waals surface area contributed by atoms with Gasteiger partial charge in [-0.1, -0.05) is 48.2 Å². The van der Waals surface area contributed by atoms with E-state index in [-0.39, 0.29) is 11.8 Å². The molecular formula is C26H28Cl2N4O2. The Morgan fingerprint density at radius 2 is 1.76 bits per heavy atom. The molecule has 34 heavy (non-hydrogen) atoms. The van der Waals surface area contributed by atoms with Crippen LogP contribution in [0.15, 0.2) is 48.5 Å². The van der Waals surface area contributed by atoms with Gasteiger partial charge in [0.15, 0.2) is 0 Å². The van der Waals surface area contributed by atoms with Gasteiger partial charge in [-0.2, -0.15) is 5.10 Å². The van der Waals surface area contributed by atoms with Crippen LogP contribution in [-0.4, -0.2) is 21.6 Å². The van der Waals surface area contributed by atoms with Crippen molar-refractivity contribution < 1.29 is 9.59 Å². The van der Waals surface area contributed by atoms with E-state index in [9.17, 15) is 9.59 Å². The van der Waals surface area contributed by atoms with Crippen molar-refractivity contribution in [3.05, 3.63) is 75.5 Å². The van der Waals surface area contributed by atoms with Crippen LogP contribution in [0.5, 0.6) is 0 Å². The molecule has 1 atom stereocenters. The smallest absolute Gasteiger partial charge is 0.248 e. The van der Waals surface area contributed by atoms with Crippen molar-refractivity contribution in [2.45, 2.75) is 57.9 Å². The second-order valence-electron chi connectivity index (χ2n) is 8.99. The third kappa shape index (κ3) is 4.84. The summed E-state index contributed by atoms with van der Waals surface area (Å²) in [4.78, 5) is 26.2. The van der Waals surface area contributed by atoms with Gasteiger partial charge in [-0.15, -0.1) is 0 Å². The minimum atomic E-state index is -0.612. The number of benzene rings is 2. The highest BCUT2D eigenvalue weighted by atomic mass is 35.5. The first kappa shape index (κ1) is 24.3. The molecule has 3 aromatic rings. The van der Waals surface area contributed by atoms with E-state index in [1.807, 2.05) is 44.2 Å². The first-order valence-corrected chi connectivity index (χ1v) is 12.2. The minimum Gasteiger partial charge on any atom is -0.325 e. The maximum atomic E-state index is 13.4. The van der Waals surface area contributed by atoms with Crippen LogP contribution in [0.1, 0.15) is 55.6 Å². The Morgan fingerprint density at radius 3 is 2.38 bits per heavy atom. The maximum Gasteiger partial charge on any atom is 0.248 e. The Balaban J connectivity index is 1.49. The molecule has 6 nitrogen and oxygen atoms in total. The van der Waals surface area contributed by atoms with E-state index < -0.39 is 11.5 Å². The number of hydrogen-bond acceptors (Lipinski definition) is 3. The van der Waals surface area contributed by atoms with Crippen molar-refractivity contribution in [3.63, 3.8) is 0 Å². The minimum absolute atomic E-state index is 0.0710. The zero-order chi connectivity index (χ0) is 24.5. The zero-order valence-corrected chi connectivity index (χ0v) is 21.0. The molecule has 2 aromatic carbocycles. The van der Waals surface area contributed by atoms with Gasteiger partial charge in [0.1, 0.15) is 6.04 Å². The average Bonchev–Trinajstić information content (AvgIpc) is 3.42. The molecule has 1 aliphatic rings. The lowest BCUT2D eigenvalue weighted by Gasteiger charge is -2.28. The monoisotopic (exact) mass is 498 g/mol. The normalized spacial score (nSPS) is 15.7. The average molecular weight is 499 g/mol. The van der Waals surface area contributed by atoms with Gasteiger partial charge >= 0.3 is 0 Å². The van der Waals surface area contributed by atoms with E-state index in [1.54, 1.807) is 29.8 Å². The van der Waals surface area contributed by atoms with Gasteiger partial charge in [-0.25, -0.2) is 0 Å². The van der Waals surface area contributed by atoms with Gasteiger partial charge in [-0.05, 0) is 75.6 Å². The first-order valence-electron chi connectivity index (χ1n) is 11.4. The highest BCUT2D eigenvalue weighted by Crippen LogP contribution is 2.43. The molecule has 8 heteroatoms. The fourth-order valence-corrected chi connectivity index (χ4v) is 5.16. The number of nitrogens with zero attached hydrogens (tertiary/aromatic N) is 2. The molecule has 0 spiro atoms. The maximum absolute atomic E-state index is 13.4. The number of nitrogens with one attached hydrogen (secondary N) is 2. The highest BCUT2D eigenvalue weighted by Gasteiger charge is 2.42. The molecule has 0 aliphatic heterocycles. The summed E-state index contributed by atoms with van der Waals surface area (Å²) >= 11 is 12.7. The van der Waals surface area contributed by atoms with Crippen molar-refractivity contribution in [2.75, 3.05) is 10.6 Å². The summed E-state index contributed by atoms with van der Waals surface area (Å²) in [6, 6.07) is 14.1. The molecule has 4 rings (SSSR count). The molecule has 0 bridgehead atoms. The van der Waals surface area contributed by atoms with E-state index in [1.165, 1.54) is 0 Å². The lowest BCUT2D eigenvalue weighted by molar-refractivity contribution is -0.121. The Kier molecular flexibility index (Phi) is 7.01. The van der Waals surface area contributed by atoms with E-state index >= 15 is 0 Å². The molecule has 1 aromatic heterocycles. The number of anilines is 2. The van der Waals surface area contributed by atoms with Gasteiger partial charge in [0, 0.05) is 16.4 Å². The van der Waals surface area contributed by atoms with Crippen LogP contribution in [0.25, 0.3) is 0 Å².